The average Bonchev–Trinajstić information content (AvgIpc) is 3.03. The third kappa shape index (κ3) is 8.14. The van der Waals surface area contributed by atoms with Gasteiger partial charge in [0.15, 0.2) is 18.9 Å². The minimum atomic E-state index is -1.98. The van der Waals surface area contributed by atoms with E-state index >= 15 is 0 Å². The van der Waals surface area contributed by atoms with Crippen LogP contribution in [0.2, 0.25) is 0 Å². The van der Waals surface area contributed by atoms with Gasteiger partial charge in [-0.3, -0.25) is 0 Å². The van der Waals surface area contributed by atoms with Crippen LogP contribution >= 0.6 is 0 Å². The summed E-state index contributed by atoms with van der Waals surface area (Å²) in [4.78, 5) is 12.2. The van der Waals surface area contributed by atoms with Gasteiger partial charge < -0.3 is 84.6 Å². The van der Waals surface area contributed by atoms with Gasteiger partial charge in [-0.25, -0.2) is 4.79 Å². The van der Waals surface area contributed by atoms with Crippen molar-refractivity contribution in [3.63, 3.8) is 0 Å². The van der Waals surface area contributed by atoms with Crippen molar-refractivity contribution in [1.29, 1.82) is 0 Å². The molecule has 0 bridgehead atoms. The monoisotopic (exact) mass is 650 g/mol. The maximum atomic E-state index is 12.2. The van der Waals surface area contributed by atoms with E-state index in [-0.39, 0.29) is 5.75 Å². The average molecular weight is 651 g/mol. The van der Waals surface area contributed by atoms with E-state index in [9.17, 15) is 61.0 Å². The fourth-order valence-electron chi connectivity index (χ4n) is 4.97. The number of esters is 1. The zero-order valence-corrected chi connectivity index (χ0v) is 23.5. The lowest BCUT2D eigenvalue weighted by Gasteiger charge is -2.48. The van der Waals surface area contributed by atoms with E-state index in [0.717, 1.165) is 6.08 Å². The highest BCUT2D eigenvalue weighted by Gasteiger charge is 2.53. The second-order valence-corrected chi connectivity index (χ2v) is 10.7. The van der Waals surface area contributed by atoms with Gasteiger partial charge in [0.2, 0.25) is 0 Å². The first kappa shape index (κ1) is 35.5. The van der Waals surface area contributed by atoms with Gasteiger partial charge in [0.1, 0.15) is 85.6 Å². The van der Waals surface area contributed by atoms with E-state index in [0.29, 0.717) is 5.56 Å². The van der Waals surface area contributed by atoms with Crippen LogP contribution in [0.25, 0.3) is 6.08 Å². The van der Waals surface area contributed by atoms with Crippen molar-refractivity contribution in [2.45, 2.75) is 92.1 Å². The highest BCUT2D eigenvalue weighted by molar-refractivity contribution is 5.87. The molecule has 0 aromatic heterocycles. The van der Waals surface area contributed by atoms with Gasteiger partial charge in [-0.05, 0) is 23.8 Å². The molecule has 254 valence electrons. The molecular formula is C27H38O18. The highest BCUT2D eigenvalue weighted by Crippen LogP contribution is 2.32. The number of phenolic OH excluding ortho intramolecular Hbond substituents is 1. The number of benzene rings is 1. The Labute approximate surface area is 255 Å². The lowest BCUT2D eigenvalue weighted by molar-refractivity contribution is -0.391. The zero-order valence-electron chi connectivity index (χ0n) is 23.5. The maximum Gasteiger partial charge on any atom is 0.330 e. The minimum absolute atomic E-state index is 0.0248. The quantitative estimate of drug-likeness (QED) is 0.0831. The molecule has 18 heteroatoms. The van der Waals surface area contributed by atoms with E-state index in [4.69, 9.17) is 28.4 Å². The Balaban J connectivity index is 1.46. The molecule has 0 aliphatic carbocycles. The van der Waals surface area contributed by atoms with Gasteiger partial charge >= 0.3 is 5.97 Å². The van der Waals surface area contributed by atoms with Gasteiger partial charge in [0.25, 0.3) is 0 Å². The van der Waals surface area contributed by atoms with Crippen LogP contribution in [0.5, 0.6) is 5.75 Å². The number of phenols is 1. The summed E-state index contributed by atoms with van der Waals surface area (Å²) in [7, 11) is 0. The summed E-state index contributed by atoms with van der Waals surface area (Å²) in [5.41, 5.74) is 0.559. The first-order valence-electron chi connectivity index (χ1n) is 13.9. The summed E-state index contributed by atoms with van der Waals surface area (Å²) in [5.74, 6) is -0.853. The molecule has 4 rings (SSSR count). The molecule has 0 amide bonds. The predicted octanol–water partition coefficient (Wildman–Crippen LogP) is -5.60. The molecule has 3 heterocycles. The molecule has 45 heavy (non-hydrogen) atoms. The third-order valence-corrected chi connectivity index (χ3v) is 7.61. The van der Waals surface area contributed by atoms with Gasteiger partial charge in [-0.2, -0.15) is 0 Å². The van der Waals surface area contributed by atoms with Crippen LogP contribution in [-0.2, 0) is 33.2 Å². The van der Waals surface area contributed by atoms with Crippen LogP contribution in [0.1, 0.15) is 5.56 Å². The summed E-state index contributed by atoms with van der Waals surface area (Å²) in [5, 5.41) is 112. The smallest absolute Gasteiger partial charge is 0.330 e. The Hall–Kier alpha value is -2.37. The van der Waals surface area contributed by atoms with Crippen molar-refractivity contribution in [1.82, 2.24) is 0 Å². The topological polar surface area (TPSA) is 295 Å². The SMILES string of the molecule is O=C(/C=C/c1ccc(O)cc1)OC[C@H]1O[C@@H](O[C@H]2[C@H](O[C@@H]3[C@@H](O)[C@H](O)[C@@H](CO)O[C@H]3O)O[C@H](CO)[C@@H](O)[C@@H]2O)[C@H](O)[C@@H](O)[C@@H]1O. The van der Waals surface area contributed by atoms with Crippen molar-refractivity contribution >= 4 is 12.0 Å². The van der Waals surface area contributed by atoms with Crippen LogP contribution in [0.15, 0.2) is 30.3 Å². The number of aliphatic hydroxyl groups is 10. The zero-order chi connectivity index (χ0) is 33.0. The van der Waals surface area contributed by atoms with Crippen molar-refractivity contribution in [2.75, 3.05) is 19.8 Å². The lowest BCUT2D eigenvalue weighted by Crippen LogP contribution is -2.66. The van der Waals surface area contributed by atoms with E-state index in [1.807, 2.05) is 0 Å². The Morgan fingerprint density at radius 2 is 1.20 bits per heavy atom. The van der Waals surface area contributed by atoms with Crippen LogP contribution < -0.4 is 0 Å². The van der Waals surface area contributed by atoms with E-state index in [1.54, 1.807) is 0 Å². The van der Waals surface area contributed by atoms with Crippen molar-refractivity contribution in [2.24, 2.45) is 0 Å². The Morgan fingerprint density at radius 1 is 0.667 bits per heavy atom. The van der Waals surface area contributed by atoms with E-state index < -0.39 is 118 Å². The molecule has 18 nitrogen and oxygen atoms in total. The Bertz CT molecular complexity index is 1120. The molecule has 3 saturated heterocycles. The standard InChI is InChI=1S/C27H38O18/c28-7-12-16(32)20(36)23(25(39)41-12)44-27-24(21(37)17(33)13(8-29)42-27)45-26-22(38)19(35)18(34)14(43-26)9-40-15(31)6-3-10-1-4-11(30)5-2-10/h1-6,12-14,16-30,32-39H,7-9H2/b6-3+/t12-,13-,14-,16-,17-,18-,19+,20+,21+,22-,23-,24-,25-,26+,27+/m1/s1. The van der Waals surface area contributed by atoms with Crippen molar-refractivity contribution in [3.8, 4) is 5.75 Å². The molecule has 0 saturated carbocycles. The fraction of sp³-hybridized carbons (Fsp3) is 0.667. The first-order valence-corrected chi connectivity index (χ1v) is 13.9. The Kier molecular flexibility index (Phi) is 12.2. The molecule has 1 aromatic rings. The predicted molar refractivity (Wildman–Crippen MR) is 142 cm³/mol. The number of hydrogen-bond acceptors (Lipinski definition) is 18. The lowest BCUT2D eigenvalue weighted by atomic mass is 9.96. The summed E-state index contributed by atoms with van der Waals surface area (Å²) in [6.45, 7) is -2.25. The number of ether oxygens (including phenoxy) is 6. The van der Waals surface area contributed by atoms with Gasteiger partial charge in [0.05, 0.1) is 13.2 Å². The molecule has 0 unspecified atom stereocenters. The number of carbonyl (C=O) groups is 1. The molecule has 11 N–H and O–H groups in total. The summed E-state index contributed by atoms with van der Waals surface area (Å²) in [6.07, 6.45) is -24.3. The molecular weight excluding hydrogens is 612 g/mol. The third-order valence-electron chi connectivity index (χ3n) is 7.61. The molecule has 3 aliphatic heterocycles. The second kappa shape index (κ2) is 15.5. The number of aliphatic hydroxyl groups excluding tert-OH is 10. The van der Waals surface area contributed by atoms with Crippen LogP contribution in [-0.4, -0.2) is 174 Å². The normalized spacial score (nSPS) is 42.5. The molecule has 3 fully saturated rings. The van der Waals surface area contributed by atoms with Crippen molar-refractivity contribution in [3.05, 3.63) is 35.9 Å². The van der Waals surface area contributed by atoms with Crippen LogP contribution in [0, 0.1) is 0 Å². The number of rotatable bonds is 10. The maximum absolute atomic E-state index is 12.2. The fourth-order valence-corrected chi connectivity index (χ4v) is 4.97. The van der Waals surface area contributed by atoms with E-state index in [2.05, 4.69) is 0 Å². The largest absolute Gasteiger partial charge is 0.508 e. The van der Waals surface area contributed by atoms with Gasteiger partial charge in [0, 0.05) is 6.08 Å². The minimum Gasteiger partial charge on any atom is -0.508 e. The van der Waals surface area contributed by atoms with Crippen LogP contribution in [0.4, 0.5) is 0 Å². The number of carbonyl (C=O) groups excluding carboxylic acids is 1. The molecule has 15 atom stereocenters. The summed E-state index contributed by atoms with van der Waals surface area (Å²) in [6, 6.07) is 5.87. The van der Waals surface area contributed by atoms with Gasteiger partial charge in [-0.1, -0.05) is 12.1 Å². The number of hydrogen-bond donors (Lipinski definition) is 11. The first-order chi connectivity index (χ1) is 21.4. The molecule has 0 radical (unpaired) electrons. The van der Waals surface area contributed by atoms with Crippen molar-refractivity contribution < 1.29 is 89.4 Å². The van der Waals surface area contributed by atoms with Gasteiger partial charge in [-0.15, -0.1) is 0 Å². The summed E-state index contributed by atoms with van der Waals surface area (Å²) >= 11 is 0. The second-order valence-electron chi connectivity index (χ2n) is 10.7. The highest BCUT2D eigenvalue weighted by atomic mass is 16.8. The van der Waals surface area contributed by atoms with Crippen LogP contribution in [0.3, 0.4) is 0 Å². The Morgan fingerprint density at radius 3 is 1.82 bits per heavy atom. The summed E-state index contributed by atoms with van der Waals surface area (Å²) < 4.78 is 32.3. The molecule has 1 aromatic carbocycles. The molecule has 0 spiro atoms. The molecule has 3 aliphatic rings. The number of aromatic hydroxyl groups is 1. The van der Waals surface area contributed by atoms with E-state index in [1.165, 1.54) is 30.3 Å².